The van der Waals surface area contributed by atoms with Gasteiger partial charge in [0.05, 0.1) is 17.2 Å². The Labute approximate surface area is 238 Å². The van der Waals surface area contributed by atoms with Crippen LogP contribution in [0.25, 0.3) is 0 Å². The van der Waals surface area contributed by atoms with Gasteiger partial charge in [-0.3, -0.25) is 13.9 Å². The van der Waals surface area contributed by atoms with Crippen LogP contribution in [0.4, 0.5) is 5.69 Å². The highest BCUT2D eigenvalue weighted by atomic mass is 32.2. The summed E-state index contributed by atoms with van der Waals surface area (Å²) in [6.07, 6.45) is 1.74. The number of aryl methyl sites for hydroxylation is 1. The Kier molecular flexibility index (Phi) is 11.1. The first kappa shape index (κ1) is 30.7. The van der Waals surface area contributed by atoms with Crippen LogP contribution in [0.15, 0.2) is 83.8 Å². The molecule has 0 saturated carbocycles. The summed E-state index contributed by atoms with van der Waals surface area (Å²) < 4.78 is 34.7. The van der Waals surface area contributed by atoms with Crippen LogP contribution in [-0.2, 0) is 26.2 Å². The van der Waals surface area contributed by atoms with Crippen LogP contribution in [-0.4, -0.2) is 50.9 Å². The molecule has 0 aromatic heterocycles. The lowest BCUT2D eigenvalue weighted by molar-refractivity contribution is -0.139. The van der Waals surface area contributed by atoms with Crippen molar-refractivity contribution in [1.29, 1.82) is 0 Å². The first-order valence-corrected chi connectivity index (χ1v) is 15.1. The van der Waals surface area contributed by atoms with Gasteiger partial charge in [-0.15, -0.1) is 0 Å². The average Bonchev–Trinajstić information content (AvgIpc) is 2.96. The monoisotopic (exact) mass is 565 g/mol. The molecule has 0 aliphatic rings. The maximum absolute atomic E-state index is 14.1. The maximum atomic E-state index is 14.1. The van der Waals surface area contributed by atoms with Crippen molar-refractivity contribution in [3.63, 3.8) is 0 Å². The minimum absolute atomic E-state index is 0.0462. The fourth-order valence-electron chi connectivity index (χ4n) is 4.26. The Bertz CT molecular complexity index is 1380. The Morgan fingerprint density at radius 3 is 2.25 bits per heavy atom. The van der Waals surface area contributed by atoms with Crippen LogP contribution in [0.2, 0.25) is 0 Å². The number of hydrogen-bond donors (Lipinski definition) is 1. The number of hydrogen-bond acceptors (Lipinski definition) is 5. The maximum Gasteiger partial charge on any atom is 0.264 e. The van der Waals surface area contributed by atoms with E-state index in [2.05, 4.69) is 5.32 Å². The second-order valence-corrected chi connectivity index (χ2v) is 11.4. The zero-order valence-corrected chi connectivity index (χ0v) is 24.5. The molecule has 40 heavy (non-hydrogen) atoms. The second-order valence-electron chi connectivity index (χ2n) is 9.49. The van der Waals surface area contributed by atoms with Crippen LogP contribution in [0.3, 0.4) is 0 Å². The third-order valence-corrected chi connectivity index (χ3v) is 8.42. The van der Waals surface area contributed by atoms with E-state index in [1.54, 1.807) is 56.3 Å². The van der Waals surface area contributed by atoms with Gasteiger partial charge in [-0.1, -0.05) is 67.9 Å². The zero-order valence-electron chi connectivity index (χ0n) is 23.7. The average molecular weight is 566 g/mol. The number of benzene rings is 3. The van der Waals surface area contributed by atoms with Crippen molar-refractivity contribution in [1.82, 2.24) is 10.2 Å². The van der Waals surface area contributed by atoms with Gasteiger partial charge in [-0.25, -0.2) is 8.42 Å². The molecule has 0 bridgehead atoms. The van der Waals surface area contributed by atoms with E-state index in [1.165, 1.54) is 17.0 Å². The summed E-state index contributed by atoms with van der Waals surface area (Å²) in [7, 11) is -4.16. The predicted octanol–water partition coefficient (Wildman–Crippen LogP) is 4.92. The summed E-state index contributed by atoms with van der Waals surface area (Å²) in [5.74, 6) is -0.456. The highest BCUT2D eigenvalue weighted by Gasteiger charge is 2.33. The van der Waals surface area contributed by atoms with E-state index in [0.29, 0.717) is 18.9 Å². The lowest BCUT2D eigenvalue weighted by atomic mass is 10.1. The van der Waals surface area contributed by atoms with Crippen molar-refractivity contribution < 1.29 is 22.7 Å². The van der Waals surface area contributed by atoms with Gasteiger partial charge in [0.15, 0.2) is 0 Å². The number of nitrogens with zero attached hydrogens (tertiary/aromatic N) is 2. The van der Waals surface area contributed by atoms with Crippen LogP contribution in [0, 0.1) is 6.92 Å². The number of unbranched alkanes of at least 4 members (excludes halogenated alkanes) is 1. The topological polar surface area (TPSA) is 96.0 Å². The van der Waals surface area contributed by atoms with Crippen molar-refractivity contribution in [2.75, 3.05) is 24.0 Å². The summed E-state index contributed by atoms with van der Waals surface area (Å²) in [6.45, 7) is 7.91. The van der Waals surface area contributed by atoms with E-state index < -0.39 is 28.5 Å². The molecule has 9 heteroatoms. The normalized spacial score (nSPS) is 11.9. The summed E-state index contributed by atoms with van der Waals surface area (Å²) in [5, 5.41) is 2.90. The zero-order chi connectivity index (χ0) is 29.1. The van der Waals surface area contributed by atoms with E-state index in [0.717, 1.165) is 28.3 Å². The molecule has 8 nitrogen and oxygen atoms in total. The Morgan fingerprint density at radius 1 is 0.925 bits per heavy atom. The highest BCUT2D eigenvalue weighted by molar-refractivity contribution is 7.92. The molecule has 0 fully saturated rings. The molecular formula is C31H39N3O5S. The lowest BCUT2D eigenvalue weighted by Crippen LogP contribution is -2.51. The summed E-state index contributed by atoms with van der Waals surface area (Å²) >= 11 is 0. The number of anilines is 1. The lowest BCUT2D eigenvalue weighted by Gasteiger charge is -2.32. The molecule has 0 unspecified atom stereocenters. The second kappa shape index (κ2) is 14.5. The molecule has 3 aromatic carbocycles. The first-order valence-electron chi connectivity index (χ1n) is 13.6. The number of nitrogens with one attached hydrogen (secondary N) is 1. The summed E-state index contributed by atoms with van der Waals surface area (Å²) in [4.78, 5) is 28.7. The van der Waals surface area contributed by atoms with Gasteiger partial charge in [-0.05, 0) is 62.6 Å². The quantitative estimate of drug-likeness (QED) is 0.280. The van der Waals surface area contributed by atoms with Crippen molar-refractivity contribution in [3.05, 3.63) is 90.0 Å². The molecule has 0 saturated heterocycles. The molecule has 214 valence electrons. The van der Waals surface area contributed by atoms with Gasteiger partial charge in [0.2, 0.25) is 11.8 Å². The first-order chi connectivity index (χ1) is 19.2. The molecule has 0 heterocycles. The summed E-state index contributed by atoms with van der Waals surface area (Å²) in [5.41, 5.74) is 2.09. The number of carbonyl (C=O) groups excluding carboxylic acids is 2. The fraction of sp³-hybridized carbons (Fsp3) is 0.355. The molecule has 3 aromatic rings. The summed E-state index contributed by atoms with van der Waals surface area (Å²) in [6, 6.07) is 21.5. The van der Waals surface area contributed by atoms with Gasteiger partial charge in [-0.2, -0.15) is 0 Å². The van der Waals surface area contributed by atoms with E-state index >= 15 is 0 Å². The van der Waals surface area contributed by atoms with Crippen LogP contribution < -0.4 is 14.4 Å². The Morgan fingerprint density at radius 2 is 1.57 bits per heavy atom. The van der Waals surface area contributed by atoms with E-state index in [4.69, 9.17) is 4.74 Å². The molecule has 1 N–H and O–H groups in total. The number of para-hydroxylation sites is 2. The fourth-order valence-corrected chi connectivity index (χ4v) is 5.71. The number of sulfonamides is 1. The minimum Gasteiger partial charge on any atom is -0.492 e. The van der Waals surface area contributed by atoms with Crippen molar-refractivity contribution >= 4 is 27.5 Å². The number of ether oxygens (including phenoxy) is 1. The Hall–Kier alpha value is -3.85. The van der Waals surface area contributed by atoms with Crippen molar-refractivity contribution in [2.24, 2.45) is 0 Å². The van der Waals surface area contributed by atoms with Crippen molar-refractivity contribution in [3.8, 4) is 5.75 Å². The third kappa shape index (κ3) is 7.63. The van der Waals surface area contributed by atoms with Gasteiger partial charge >= 0.3 is 0 Å². The van der Waals surface area contributed by atoms with Crippen LogP contribution in [0.1, 0.15) is 44.7 Å². The molecule has 0 spiro atoms. The largest absolute Gasteiger partial charge is 0.492 e. The number of carbonyl (C=O) groups is 2. The van der Waals surface area contributed by atoms with Gasteiger partial charge in [0.1, 0.15) is 18.3 Å². The minimum atomic E-state index is -4.16. The smallest absolute Gasteiger partial charge is 0.264 e. The van der Waals surface area contributed by atoms with Gasteiger partial charge < -0.3 is 15.0 Å². The molecule has 0 aliphatic heterocycles. The molecular weight excluding hydrogens is 526 g/mol. The number of amides is 2. The van der Waals surface area contributed by atoms with Crippen LogP contribution in [0.5, 0.6) is 5.75 Å². The van der Waals surface area contributed by atoms with E-state index in [1.807, 2.05) is 38.1 Å². The SMILES string of the molecule is CCCCNC(=O)[C@@H](C)N(Cc1ccccc1C)C(=O)CN(c1ccccc1OCC)S(=O)(=O)c1ccccc1. The van der Waals surface area contributed by atoms with E-state index in [9.17, 15) is 18.0 Å². The Balaban J connectivity index is 2.05. The molecule has 3 rings (SSSR count). The molecule has 0 radical (unpaired) electrons. The third-order valence-electron chi connectivity index (χ3n) is 6.64. The van der Waals surface area contributed by atoms with Crippen LogP contribution >= 0.6 is 0 Å². The van der Waals surface area contributed by atoms with Gasteiger partial charge in [0.25, 0.3) is 10.0 Å². The standard InChI is InChI=1S/C31H39N3O5S/c1-5-7-21-32-31(36)25(4)33(22-26-16-12-11-15-24(26)3)30(35)23-34(28-19-13-14-20-29(28)39-6-2)40(37,38)27-17-9-8-10-18-27/h8-20,25H,5-7,21-23H2,1-4H3,(H,32,36)/t25-/m1/s1. The highest BCUT2D eigenvalue weighted by Crippen LogP contribution is 2.33. The molecule has 1 atom stereocenters. The number of rotatable bonds is 14. The van der Waals surface area contributed by atoms with E-state index in [-0.39, 0.29) is 23.0 Å². The van der Waals surface area contributed by atoms with Crippen molar-refractivity contribution in [2.45, 2.75) is 58.0 Å². The molecule has 0 aliphatic carbocycles. The molecule has 2 amide bonds. The predicted molar refractivity (Wildman–Crippen MR) is 158 cm³/mol. The van der Waals surface area contributed by atoms with Gasteiger partial charge in [0, 0.05) is 13.1 Å².